The standard InChI is InChI=1S/C12H13N3O4S/c1-7-3-4-9-8(5-7)11(14-19-9)13-12(17)15(20)6-10(16)18-2/h3-5,20H,6H2,1-2H3,(H,13,14,17). The topological polar surface area (TPSA) is 84.7 Å². The fourth-order valence-electron chi connectivity index (χ4n) is 1.57. The first kappa shape index (κ1) is 14.2. The SMILES string of the molecule is COC(=O)CN(S)C(=O)Nc1noc2ccc(C)cc12. The Balaban J connectivity index is 2.13. The summed E-state index contributed by atoms with van der Waals surface area (Å²) in [6.45, 7) is 1.64. The Bertz CT molecular complexity index is 655. The van der Waals surface area contributed by atoms with Crippen LogP contribution in [0.2, 0.25) is 0 Å². The number of amides is 2. The predicted molar refractivity (Wildman–Crippen MR) is 75.5 cm³/mol. The number of thiol groups is 1. The molecule has 0 saturated heterocycles. The second kappa shape index (κ2) is 5.83. The number of methoxy groups -OCH3 is 1. The molecular weight excluding hydrogens is 282 g/mol. The van der Waals surface area contributed by atoms with E-state index in [-0.39, 0.29) is 12.4 Å². The first-order valence-corrected chi connectivity index (χ1v) is 6.11. The number of aryl methyl sites for hydroxylation is 1. The molecule has 7 nitrogen and oxygen atoms in total. The van der Waals surface area contributed by atoms with Gasteiger partial charge in [0, 0.05) is 0 Å². The molecule has 0 bridgehead atoms. The number of hydrogen-bond acceptors (Lipinski definition) is 6. The first-order valence-electron chi connectivity index (χ1n) is 5.71. The van der Waals surface area contributed by atoms with Gasteiger partial charge in [-0.1, -0.05) is 29.6 Å². The van der Waals surface area contributed by atoms with E-state index in [4.69, 9.17) is 4.52 Å². The summed E-state index contributed by atoms with van der Waals surface area (Å²) in [6.07, 6.45) is 0. The van der Waals surface area contributed by atoms with Crippen LogP contribution >= 0.6 is 12.8 Å². The van der Waals surface area contributed by atoms with Gasteiger partial charge in [-0.2, -0.15) is 0 Å². The average molecular weight is 295 g/mol. The third-order valence-corrected chi connectivity index (χ3v) is 2.91. The zero-order chi connectivity index (χ0) is 14.7. The normalized spacial score (nSPS) is 10.3. The van der Waals surface area contributed by atoms with Crippen LogP contribution in [-0.2, 0) is 9.53 Å². The number of carbonyl (C=O) groups excluding carboxylic acids is 2. The molecule has 0 aliphatic rings. The van der Waals surface area contributed by atoms with Gasteiger partial charge in [0.2, 0.25) is 0 Å². The molecule has 1 N–H and O–H groups in total. The Labute approximate surface area is 120 Å². The van der Waals surface area contributed by atoms with Crippen molar-refractivity contribution in [2.75, 3.05) is 19.0 Å². The summed E-state index contributed by atoms with van der Waals surface area (Å²) in [7, 11) is 1.23. The van der Waals surface area contributed by atoms with Crippen LogP contribution in [0.15, 0.2) is 22.7 Å². The van der Waals surface area contributed by atoms with Crippen LogP contribution in [0.3, 0.4) is 0 Å². The summed E-state index contributed by atoms with van der Waals surface area (Å²) >= 11 is 3.91. The van der Waals surface area contributed by atoms with E-state index in [1.165, 1.54) is 7.11 Å². The lowest BCUT2D eigenvalue weighted by atomic mass is 10.2. The van der Waals surface area contributed by atoms with Gasteiger partial charge in [-0.15, -0.1) is 0 Å². The van der Waals surface area contributed by atoms with Gasteiger partial charge in [0.05, 0.1) is 12.5 Å². The number of esters is 1. The Hall–Kier alpha value is -2.22. The minimum Gasteiger partial charge on any atom is -0.468 e. The van der Waals surface area contributed by atoms with E-state index in [9.17, 15) is 9.59 Å². The molecule has 0 unspecified atom stereocenters. The van der Waals surface area contributed by atoms with Crippen molar-refractivity contribution in [3.05, 3.63) is 23.8 Å². The molecule has 8 heteroatoms. The molecule has 0 atom stereocenters. The van der Waals surface area contributed by atoms with Gasteiger partial charge < -0.3 is 9.26 Å². The van der Waals surface area contributed by atoms with Gasteiger partial charge in [-0.25, -0.2) is 4.79 Å². The zero-order valence-corrected chi connectivity index (χ0v) is 11.8. The average Bonchev–Trinajstić information content (AvgIpc) is 2.81. The first-order chi connectivity index (χ1) is 9.51. The van der Waals surface area contributed by atoms with Crippen molar-refractivity contribution in [2.24, 2.45) is 0 Å². The molecule has 0 radical (unpaired) electrons. The molecule has 0 spiro atoms. The van der Waals surface area contributed by atoms with Crippen LogP contribution in [0.5, 0.6) is 0 Å². The Morgan fingerprint density at radius 1 is 1.50 bits per heavy atom. The highest BCUT2D eigenvalue weighted by Gasteiger charge is 2.17. The van der Waals surface area contributed by atoms with Crippen molar-refractivity contribution >= 4 is 41.6 Å². The molecule has 0 fully saturated rings. The van der Waals surface area contributed by atoms with Crippen LogP contribution in [0.4, 0.5) is 10.6 Å². The largest absolute Gasteiger partial charge is 0.468 e. The number of benzene rings is 1. The van der Waals surface area contributed by atoms with Crippen LogP contribution in [-0.4, -0.2) is 35.1 Å². The number of ether oxygens (including phenoxy) is 1. The van der Waals surface area contributed by atoms with E-state index in [0.717, 1.165) is 9.87 Å². The third kappa shape index (κ3) is 3.02. The molecule has 1 aromatic carbocycles. The molecule has 1 heterocycles. The van der Waals surface area contributed by atoms with E-state index in [0.29, 0.717) is 11.0 Å². The molecule has 0 aliphatic heterocycles. The number of hydrogen-bond donors (Lipinski definition) is 2. The van der Waals surface area contributed by atoms with E-state index >= 15 is 0 Å². The van der Waals surface area contributed by atoms with Crippen molar-refractivity contribution in [3.8, 4) is 0 Å². The quantitative estimate of drug-likeness (QED) is 0.668. The molecule has 106 valence electrons. The van der Waals surface area contributed by atoms with Crippen molar-refractivity contribution in [2.45, 2.75) is 6.92 Å². The minimum atomic E-state index is -0.601. The number of aromatic nitrogens is 1. The fraction of sp³-hybridized carbons (Fsp3) is 0.250. The maximum Gasteiger partial charge on any atom is 0.333 e. The second-order valence-corrected chi connectivity index (χ2v) is 4.58. The number of nitrogens with one attached hydrogen (secondary N) is 1. The highest BCUT2D eigenvalue weighted by Crippen LogP contribution is 2.24. The lowest BCUT2D eigenvalue weighted by Crippen LogP contribution is -2.32. The number of carbonyl (C=O) groups is 2. The molecule has 2 rings (SSSR count). The van der Waals surface area contributed by atoms with Crippen LogP contribution in [0, 0.1) is 6.92 Å². The maximum atomic E-state index is 11.8. The van der Waals surface area contributed by atoms with Crippen LogP contribution in [0.25, 0.3) is 11.0 Å². The summed E-state index contributed by atoms with van der Waals surface area (Å²) in [4.78, 5) is 22.9. The molecule has 2 amide bonds. The Morgan fingerprint density at radius 3 is 2.95 bits per heavy atom. The molecular formula is C12H13N3O4S. The molecule has 0 saturated carbocycles. The van der Waals surface area contributed by atoms with Gasteiger partial charge in [-0.3, -0.25) is 14.4 Å². The van der Waals surface area contributed by atoms with Gasteiger partial charge in [0.1, 0.15) is 6.54 Å². The van der Waals surface area contributed by atoms with E-state index in [1.807, 2.05) is 19.1 Å². The van der Waals surface area contributed by atoms with Crippen LogP contribution < -0.4 is 5.32 Å². The van der Waals surface area contributed by atoms with Crippen molar-refractivity contribution in [3.63, 3.8) is 0 Å². The monoisotopic (exact) mass is 295 g/mol. The second-order valence-electron chi connectivity index (χ2n) is 4.09. The number of rotatable bonds is 3. The van der Waals surface area contributed by atoms with Gasteiger partial charge in [0.25, 0.3) is 0 Å². The predicted octanol–water partition coefficient (Wildman–Crippen LogP) is 1.99. The summed E-state index contributed by atoms with van der Waals surface area (Å²) < 4.78 is 10.4. The summed E-state index contributed by atoms with van der Waals surface area (Å²) in [5.74, 6) is -0.298. The van der Waals surface area contributed by atoms with Gasteiger partial charge in [-0.05, 0) is 19.1 Å². The Kier molecular flexibility index (Phi) is 4.14. The van der Waals surface area contributed by atoms with Crippen molar-refractivity contribution in [1.29, 1.82) is 0 Å². The number of nitrogens with zero attached hydrogens (tertiary/aromatic N) is 2. The molecule has 2 aromatic rings. The van der Waals surface area contributed by atoms with Crippen molar-refractivity contribution < 1.29 is 18.8 Å². The molecule has 0 aliphatic carbocycles. The van der Waals surface area contributed by atoms with Crippen LogP contribution in [0.1, 0.15) is 5.56 Å². The Morgan fingerprint density at radius 2 is 2.25 bits per heavy atom. The number of urea groups is 1. The smallest absolute Gasteiger partial charge is 0.333 e. The van der Waals surface area contributed by atoms with Crippen molar-refractivity contribution in [1.82, 2.24) is 9.46 Å². The van der Waals surface area contributed by atoms with E-state index in [2.05, 4.69) is 28.0 Å². The van der Waals surface area contributed by atoms with E-state index in [1.54, 1.807) is 6.07 Å². The van der Waals surface area contributed by atoms with Gasteiger partial charge >= 0.3 is 12.0 Å². The van der Waals surface area contributed by atoms with Gasteiger partial charge in [0.15, 0.2) is 11.4 Å². The van der Waals surface area contributed by atoms with E-state index < -0.39 is 12.0 Å². The lowest BCUT2D eigenvalue weighted by molar-refractivity contribution is -0.140. The molecule has 20 heavy (non-hydrogen) atoms. The zero-order valence-electron chi connectivity index (χ0n) is 10.9. The summed E-state index contributed by atoms with van der Waals surface area (Å²) in [5.41, 5.74) is 1.57. The number of anilines is 1. The minimum absolute atomic E-state index is 0.276. The highest BCUT2D eigenvalue weighted by atomic mass is 32.1. The fourth-order valence-corrected chi connectivity index (χ4v) is 1.73. The molecule has 1 aromatic heterocycles. The summed E-state index contributed by atoms with van der Waals surface area (Å²) in [6, 6.07) is 4.88. The maximum absolute atomic E-state index is 11.8. The lowest BCUT2D eigenvalue weighted by Gasteiger charge is -2.13. The third-order valence-electron chi connectivity index (χ3n) is 2.59. The summed E-state index contributed by atoms with van der Waals surface area (Å²) in [5, 5.41) is 6.97. The highest BCUT2D eigenvalue weighted by molar-refractivity contribution is 7.78. The number of fused-ring (bicyclic) bond motifs is 1.